The molecule has 0 unspecified atom stereocenters. The van der Waals surface area contributed by atoms with Gasteiger partial charge in [0.05, 0.1) is 0 Å². The van der Waals surface area contributed by atoms with E-state index in [0.717, 1.165) is 16.1 Å². The molecule has 6 heavy (non-hydrogen) atoms. The second-order valence-corrected chi connectivity index (χ2v) is 2.79. The average Bonchev–Trinajstić information content (AvgIpc) is 1.36. The number of aliphatic carboxylic acids is 1. The number of carbonyl (C=O) groups is 1. The molecule has 0 rings (SSSR count). The Morgan fingerprint density at radius 1 is 1.83 bits per heavy atom. The molecule has 32 valence electrons. The maximum atomic E-state index is 9.57. The van der Waals surface area contributed by atoms with E-state index in [4.69, 9.17) is 0 Å². The van der Waals surface area contributed by atoms with Crippen LogP contribution in [0.25, 0.3) is 0 Å². The van der Waals surface area contributed by atoms with Crippen molar-refractivity contribution in [3.05, 3.63) is 0 Å². The normalized spacial score (nSPS) is 7.33. The van der Waals surface area contributed by atoms with Gasteiger partial charge in [0.1, 0.15) is 0 Å². The summed E-state index contributed by atoms with van der Waals surface area (Å²) >= 11 is 1.10. The van der Waals surface area contributed by atoms with Crippen LogP contribution in [-0.2, 0) is 4.79 Å². The first-order chi connectivity index (χ1) is 2.64. The number of hydrogen-bond donors (Lipinski definition) is 0. The fourth-order valence-electron chi connectivity index (χ4n) is 0. The van der Waals surface area contributed by atoms with Crippen molar-refractivity contribution in [2.24, 2.45) is 0 Å². The van der Waals surface area contributed by atoms with Gasteiger partial charge in [-0.3, -0.25) is 0 Å². The summed E-state index contributed by atoms with van der Waals surface area (Å²) in [6.07, 6.45) is 0. The van der Waals surface area contributed by atoms with Crippen molar-refractivity contribution in [1.82, 2.24) is 0 Å². The Bertz CT molecular complexity index is 74.8. The van der Waals surface area contributed by atoms with Gasteiger partial charge < -0.3 is 0 Å². The maximum absolute atomic E-state index is 9.57. The third kappa shape index (κ3) is 2.14. The van der Waals surface area contributed by atoms with Gasteiger partial charge in [0.15, 0.2) is 0 Å². The molecule has 0 aliphatic heterocycles. The molecule has 0 aromatic carbocycles. The molecule has 0 spiro atoms. The zero-order valence-electron chi connectivity index (χ0n) is 3.39. The fraction of sp³-hybridized carbons (Fsp3) is 0.333. The Morgan fingerprint density at radius 2 is 2.00 bits per heavy atom. The second-order valence-electron chi connectivity index (χ2n) is 0.970. The van der Waals surface area contributed by atoms with E-state index < -0.39 is 5.97 Å². The molecule has 0 fully saturated rings. The molecule has 0 aliphatic carbocycles. The average molecular weight is 145 g/mol. The summed E-state index contributed by atoms with van der Waals surface area (Å²) < 4.78 is 0.377. The van der Waals surface area contributed by atoms with Crippen LogP contribution >= 0.6 is 0 Å². The molecular weight excluding hydrogens is 141 g/mol. The summed E-state index contributed by atoms with van der Waals surface area (Å²) in [7, 11) is 0. The van der Waals surface area contributed by atoms with E-state index in [2.05, 4.69) is 0 Å². The Labute approximate surface area is 43.9 Å². The summed E-state index contributed by atoms with van der Waals surface area (Å²) in [5.74, 6) is -1.05. The van der Waals surface area contributed by atoms with Gasteiger partial charge in [-0.2, -0.15) is 0 Å². The van der Waals surface area contributed by atoms with Crippen molar-refractivity contribution in [2.75, 3.05) is 0 Å². The van der Waals surface area contributed by atoms with Gasteiger partial charge >= 0.3 is 43.2 Å². The van der Waals surface area contributed by atoms with Crippen molar-refractivity contribution in [3.8, 4) is 0 Å². The zero-order chi connectivity index (χ0) is 5.15. The molecule has 0 amide bonds. The van der Waals surface area contributed by atoms with Crippen LogP contribution in [0.5, 0.6) is 0 Å². The number of rotatable bonds is 1. The minimum atomic E-state index is -1.05. The van der Waals surface area contributed by atoms with Gasteiger partial charge in [-0.25, -0.2) is 0 Å². The molecular formula is C3H4GeO2. The van der Waals surface area contributed by atoms with Crippen molar-refractivity contribution >= 4 is 26.4 Å². The van der Waals surface area contributed by atoms with E-state index in [1.54, 1.807) is 0 Å². The Hall–Kier alpha value is -0.117. The van der Waals surface area contributed by atoms with Crippen LogP contribution < -0.4 is 5.11 Å². The van der Waals surface area contributed by atoms with Crippen LogP contribution in [0.3, 0.4) is 0 Å². The second kappa shape index (κ2) is 2.13. The van der Waals surface area contributed by atoms with Crippen LogP contribution in [-0.4, -0.2) is 26.4 Å². The van der Waals surface area contributed by atoms with E-state index in [9.17, 15) is 9.90 Å². The van der Waals surface area contributed by atoms with Crippen molar-refractivity contribution in [2.45, 2.75) is 6.92 Å². The topological polar surface area (TPSA) is 40.1 Å². The van der Waals surface area contributed by atoms with Gasteiger partial charge in [0.2, 0.25) is 0 Å². The first-order valence-corrected chi connectivity index (χ1v) is 2.66. The molecule has 0 radical (unpaired) electrons. The molecule has 0 aromatic rings. The van der Waals surface area contributed by atoms with E-state index in [0.29, 0.717) is 4.35 Å². The SMILES string of the molecule is C[C](=[GeH+])C(=O)[O-]. The molecule has 0 bridgehead atoms. The van der Waals surface area contributed by atoms with Crippen molar-refractivity contribution in [1.29, 1.82) is 0 Å². The quantitative estimate of drug-likeness (QED) is 0.393. The first kappa shape index (κ1) is 5.88. The molecule has 0 aliphatic rings. The molecule has 0 heterocycles. The summed E-state index contributed by atoms with van der Waals surface area (Å²) in [6, 6.07) is 0. The third-order valence-corrected chi connectivity index (χ3v) is 0.816. The molecule has 0 aromatic heterocycles. The van der Waals surface area contributed by atoms with Gasteiger partial charge in [-0.1, -0.05) is 0 Å². The van der Waals surface area contributed by atoms with E-state index >= 15 is 0 Å². The van der Waals surface area contributed by atoms with Crippen molar-refractivity contribution in [3.63, 3.8) is 0 Å². The molecule has 0 saturated carbocycles. The molecule has 0 saturated heterocycles. The van der Waals surface area contributed by atoms with Gasteiger partial charge in [-0.15, -0.1) is 0 Å². The minimum absolute atomic E-state index is 0.377. The molecule has 2 nitrogen and oxygen atoms in total. The fourth-order valence-corrected chi connectivity index (χ4v) is 0. The number of hydrogen-bond acceptors (Lipinski definition) is 2. The number of carboxylic acid groups (broad SMARTS) is 1. The Kier molecular flexibility index (Phi) is 2.09. The first-order valence-electron chi connectivity index (χ1n) is 1.45. The van der Waals surface area contributed by atoms with Gasteiger partial charge in [-0.05, 0) is 0 Å². The van der Waals surface area contributed by atoms with E-state index in [1.807, 2.05) is 0 Å². The van der Waals surface area contributed by atoms with Crippen molar-refractivity contribution < 1.29 is 9.90 Å². The summed E-state index contributed by atoms with van der Waals surface area (Å²) in [5.41, 5.74) is 0. The Morgan fingerprint density at radius 3 is 2.00 bits per heavy atom. The third-order valence-electron chi connectivity index (χ3n) is 0.322. The summed E-state index contributed by atoms with van der Waals surface area (Å²) in [4.78, 5) is 9.57. The zero-order valence-corrected chi connectivity index (χ0v) is 5.82. The molecule has 0 atom stereocenters. The Balaban J connectivity index is 3.57. The van der Waals surface area contributed by atoms with E-state index in [1.165, 1.54) is 6.92 Å². The van der Waals surface area contributed by atoms with Crippen LogP contribution in [0.2, 0.25) is 0 Å². The molecule has 0 N–H and O–H groups in total. The van der Waals surface area contributed by atoms with Crippen LogP contribution in [0.4, 0.5) is 0 Å². The summed E-state index contributed by atoms with van der Waals surface area (Å²) in [6.45, 7) is 1.52. The van der Waals surface area contributed by atoms with Crippen LogP contribution in [0.1, 0.15) is 6.92 Å². The standard InChI is InChI=1S/C3H4GeO2/c1-2(4)3(5)6/h4H,1H3. The van der Waals surface area contributed by atoms with E-state index in [-0.39, 0.29) is 0 Å². The van der Waals surface area contributed by atoms with Gasteiger partial charge in [0, 0.05) is 0 Å². The predicted octanol–water partition coefficient (Wildman–Crippen LogP) is -2.17. The summed E-state index contributed by atoms with van der Waals surface area (Å²) in [5, 5.41) is 9.57. The monoisotopic (exact) mass is 146 g/mol. The van der Waals surface area contributed by atoms with Crippen LogP contribution in [0, 0.1) is 0 Å². The predicted molar refractivity (Wildman–Crippen MR) is 22.8 cm³/mol. The van der Waals surface area contributed by atoms with Crippen LogP contribution in [0.15, 0.2) is 0 Å². The number of carboxylic acids is 1. The molecule has 3 heteroatoms. The number of carbonyl (C=O) groups excluding carboxylic acids is 1. The van der Waals surface area contributed by atoms with Gasteiger partial charge in [0.25, 0.3) is 0 Å².